The summed E-state index contributed by atoms with van der Waals surface area (Å²) >= 11 is 0. The van der Waals surface area contributed by atoms with Crippen molar-refractivity contribution in [2.45, 2.75) is 12.2 Å². The van der Waals surface area contributed by atoms with Gasteiger partial charge in [0, 0.05) is 30.8 Å². The van der Waals surface area contributed by atoms with Crippen LogP contribution in [0.5, 0.6) is 11.5 Å². The van der Waals surface area contributed by atoms with Crippen molar-refractivity contribution in [3.05, 3.63) is 54.1 Å². The molecule has 8 heteroatoms. The molecule has 2 aliphatic rings. The van der Waals surface area contributed by atoms with Crippen LogP contribution in [0.15, 0.2) is 48.5 Å². The second-order valence-electron chi connectivity index (χ2n) is 7.08. The first-order chi connectivity index (χ1) is 13.4. The summed E-state index contributed by atoms with van der Waals surface area (Å²) in [5, 5.41) is 2.72. The maximum absolute atomic E-state index is 13.1. The molecule has 0 bridgehead atoms. The molecule has 1 saturated heterocycles. The average Bonchev–Trinajstić information content (AvgIpc) is 3.20. The van der Waals surface area contributed by atoms with E-state index in [0.717, 1.165) is 13.1 Å². The number of carbonyl (C=O) groups excluding carboxylic acids is 1. The molecule has 2 aliphatic heterocycles. The van der Waals surface area contributed by atoms with Crippen molar-refractivity contribution in [1.82, 2.24) is 4.90 Å². The minimum Gasteiger partial charge on any atom is -0.395 e. The maximum atomic E-state index is 13.1. The van der Waals surface area contributed by atoms with Gasteiger partial charge in [0.25, 0.3) is 0 Å². The lowest BCUT2D eigenvalue weighted by atomic mass is 9.89. The Morgan fingerprint density at radius 2 is 1.89 bits per heavy atom. The number of ether oxygens (including phenoxy) is 2. The van der Waals surface area contributed by atoms with Crippen molar-refractivity contribution < 1.29 is 23.0 Å². The molecule has 2 aromatic carbocycles. The Hall–Kier alpha value is -2.71. The Bertz CT molecular complexity index is 863. The highest BCUT2D eigenvalue weighted by Crippen LogP contribution is 2.42. The molecule has 148 valence electrons. The molecule has 6 nitrogen and oxygen atoms in total. The fraction of sp³-hybridized carbons (Fsp3) is 0.350. The number of nitrogens with two attached hydrogens (primary N) is 1. The van der Waals surface area contributed by atoms with Crippen LogP contribution in [0.4, 0.5) is 14.5 Å². The molecular weight excluding hydrogens is 368 g/mol. The second-order valence-corrected chi connectivity index (χ2v) is 7.08. The van der Waals surface area contributed by atoms with Gasteiger partial charge in [0.1, 0.15) is 0 Å². The molecule has 3 N–H and O–H groups in total. The number of rotatable bonds is 5. The van der Waals surface area contributed by atoms with E-state index in [1.54, 1.807) is 0 Å². The zero-order valence-corrected chi connectivity index (χ0v) is 15.1. The van der Waals surface area contributed by atoms with Crippen LogP contribution in [0.2, 0.25) is 0 Å². The van der Waals surface area contributed by atoms with Crippen LogP contribution in [0.3, 0.4) is 0 Å². The molecule has 0 unspecified atom stereocenters. The molecule has 1 fully saturated rings. The van der Waals surface area contributed by atoms with Crippen LogP contribution in [-0.4, -0.2) is 43.3 Å². The Balaban J connectivity index is 1.37. The maximum Gasteiger partial charge on any atom is 0.586 e. The van der Waals surface area contributed by atoms with Gasteiger partial charge in [0.05, 0.1) is 6.54 Å². The molecule has 1 amide bonds. The standard InChI is InChI=1S/C20H21F2N3O3/c21-20(22)27-17-7-6-15(8-18(17)28-20)24-19(26)12-25-10-14(9-23)16(11-25)13-4-2-1-3-5-13/h1-8,14,16H,9-12,23H2,(H,24,26)/t14-,16+/m1/s1. The molecule has 28 heavy (non-hydrogen) atoms. The summed E-state index contributed by atoms with van der Waals surface area (Å²) in [4.78, 5) is 14.5. The van der Waals surface area contributed by atoms with Crippen LogP contribution < -0.4 is 20.5 Å². The molecular formula is C20H21F2N3O3. The lowest BCUT2D eigenvalue weighted by Crippen LogP contribution is -2.32. The van der Waals surface area contributed by atoms with Crippen LogP contribution in [0.1, 0.15) is 11.5 Å². The lowest BCUT2D eigenvalue weighted by molar-refractivity contribution is -0.286. The fourth-order valence-electron chi connectivity index (χ4n) is 3.84. The number of hydrogen-bond donors (Lipinski definition) is 2. The van der Waals surface area contributed by atoms with E-state index < -0.39 is 6.29 Å². The molecule has 0 radical (unpaired) electrons. The summed E-state index contributed by atoms with van der Waals surface area (Å²) in [6, 6.07) is 14.3. The zero-order valence-electron chi connectivity index (χ0n) is 15.1. The van der Waals surface area contributed by atoms with Gasteiger partial charge in [-0.15, -0.1) is 8.78 Å². The number of amides is 1. The lowest BCUT2D eigenvalue weighted by Gasteiger charge is -2.16. The van der Waals surface area contributed by atoms with E-state index in [2.05, 4.69) is 31.8 Å². The highest BCUT2D eigenvalue weighted by atomic mass is 19.3. The Morgan fingerprint density at radius 3 is 2.64 bits per heavy atom. The quantitative estimate of drug-likeness (QED) is 0.822. The minimum absolute atomic E-state index is 0.0565. The Morgan fingerprint density at radius 1 is 1.14 bits per heavy atom. The van der Waals surface area contributed by atoms with Crippen molar-refractivity contribution in [2.24, 2.45) is 11.7 Å². The predicted octanol–water partition coefficient (Wildman–Crippen LogP) is 2.62. The summed E-state index contributed by atoms with van der Waals surface area (Å²) in [5.74, 6) is 0.181. The molecule has 2 aromatic rings. The second kappa shape index (κ2) is 7.37. The zero-order chi connectivity index (χ0) is 19.7. The van der Waals surface area contributed by atoms with Gasteiger partial charge in [-0.1, -0.05) is 30.3 Å². The number of nitrogens with zero attached hydrogens (tertiary/aromatic N) is 1. The molecule has 2 atom stereocenters. The Labute approximate surface area is 161 Å². The first-order valence-electron chi connectivity index (χ1n) is 9.10. The number of halogens is 2. The van der Waals surface area contributed by atoms with Crippen molar-refractivity contribution in [3.63, 3.8) is 0 Å². The van der Waals surface area contributed by atoms with Crippen LogP contribution in [0, 0.1) is 5.92 Å². The molecule has 0 aliphatic carbocycles. The first kappa shape index (κ1) is 18.6. The van der Waals surface area contributed by atoms with Crippen molar-refractivity contribution >= 4 is 11.6 Å². The molecule has 4 rings (SSSR count). The number of likely N-dealkylation sites (tertiary alicyclic amines) is 1. The average molecular weight is 389 g/mol. The third-order valence-corrected chi connectivity index (χ3v) is 5.10. The minimum atomic E-state index is -3.68. The van der Waals surface area contributed by atoms with Gasteiger partial charge in [0.2, 0.25) is 5.91 Å². The van der Waals surface area contributed by atoms with Gasteiger partial charge in [0.15, 0.2) is 11.5 Å². The summed E-state index contributed by atoms with van der Waals surface area (Å²) in [6.45, 7) is 2.22. The number of alkyl halides is 2. The highest BCUT2D eigenvalue weighted by Gasteiger charge is 2.43. The van der Waals surface area contributed by atoms with Crippen molar-refractivity contribution in [2.75, 3.05) is 31.5 Å². The van der Waals surface area contributed by atoms with E-state index in [-0.39, 0.29) is 35.8 Å². The third-order valence-electron chi connectivity index (χ3n) is 5.10. The summed E-state index contributed by atoms with van der Waals surface area (Å²) in [7, 11) is 0. The van der Waals surface area contributed by atoms with Crippen LogP contribution >= 0.6 is 0 Å². The van der Waals surface area contributed by atoms with Gasteiger partial charge < -0.3 is 20.5 Å². The summed E-state index contributed by atoms with van der Waals surface area (Å²) < 4.78 is 35.0. The first-order valence-corrected chi connectivity index (χ1v) is 9.10. The number of carbonyl (C=O) groups is 1. The summed E-state index contributed by atoms with van der Waals surface area (Å²) in [5.41, 5.74) is 7.53. The van der Waals surface area contributed by atoms with Gasteiger partial charge >= 0.3 is 6.29 Å². The van der Waals surface area contributed by atoms with E-state index in [0.29, 0.717) is 12.2 Å². The predicted molar refractivity (Wildman–Crippen MR) is 99.4 cm³/mol. The van der Waals surface area contributed by atoms with E-state index in [1.165, 1.54) is 23.8 Å². The van der Waals surface area contributed by atoms with E-state index in [9.17, 15) is 13.6 Å². The number of benzene rings is 2. The van der Waals surface area contributed by atoms with Gasteiger partial charge in [-0.25, -0.2) is 0 Å². The smallest absolute Gasteiger partial charge is 0.395 e. The van der Waals surface area contributed by atoms with Crippen molar-refractivity contribution in [3.8, 4) is 11.5 Å². The number of anilines is 1. The van der Waals surface area contributed by atoms with Crippen molar-refractivity contribution in [1.29, 1.82) is 0 Å². The molecule has 0 spiro atoms. The van der Waals surface area contributed by atoms with Gasteiger partial charge in [-0.05, 0) is 30.2 Å². The van der Waals surface area contributed by atoms with Crippen LogP contribution in [0.25, 0.3) is 0 Å². The van der Waals surface area contributed by atoms with Crippen LogP contribution in [-0.2, 0) is 4.79 Å². The van der Waals surface area contributed by atoms with Gasteiger partial charge in [-0.2, -0.15) is 0 Å². The number of hydrogen-bond acceptors (Lipinski definition) is 5. The number of fused-ring (bicyclic) bond motifs is 1. The molecule has 0 saturated carbocycles. The molecule has 2 heterocycles. The number of nitrogens with one attached hydrogen (secondary N) is 1. The van der Waals surface area contributed by atoms with E-state index in [4.69, 9.17) is 5.73 Å². The topological polar surface area (TPSA) is 76.8 Å². The monoisotopic (exact) mass is 389 g/mol. The van der Waals surface area contributed by atoms with E-state index in [1.807, 2.05) is 18.2 Å². The van der Waals surface area contributed by atoms with Gasteiger partial charge in [-0.3, -0.25) is 9.69 Å². The van der Waals surface area contributed by atoms with E-state index >= 15 is 0 Å². The fourth-order valence-corrected chi connectivity index (χ4v) is 3.84. The SMILES string of the molecule is NC[C@@H]1CN(CC(=O)Nc2ccc3c(c2)OC(F)(F)O3)C[C@H]1c1ccccc1. The largest absolute Gasteiger partial charge is 0.586 e. The molecule has 0 aromatic heterocycles. The summed E-state index contributed by atoms with van der Waals surface area (Å²) in [6.07, 6.45) is -3.68. The Kier molecular flexibility index (Phi) is 4.91. The third kappa shape index (κ3) is 3.93. The highest BCUT2D eigenvalue weighted by molar-refractivity contribution is 5.92. The normalized spacial score (nSPS) is 23.0.